The van der Waals surface area contributed by atoms with Gasteiger partial charge in [-0.25, -0.2) is 23.3 Å². The standard InChI is InChI=1S/C21H20F2N6/c1-13-7-9-28(20-15-5-3-2-4-14(15)6-8-24-20)11-16(13)18-10-17(19(22)23)27-21-25-12-26-29(18)21/h2-6,8,10,12-13,16,19H,7,9,11H2,1H3/t13-,16-/m1/s1. The second-order valence-electron chi connectivity index (χ2n) is 7.55. The van der Waals surface area contributed by atoms with E-state index < -0.39 is 6.43 Å². The fraction of sp³-hybridized carbons (Fsp3) is 0.333. The first kappa shape index (κ1) is 17.9. The number of anilines is 1. The number of alkyl halides is 2. The number of hydrogen-bond donors (Lipinski definition) is 0. The van der Waals surface area contributed by atoms with Crippen LogP contribution in [0.15, 0.2) is 48.9 Å². The number of hydrogen-bond acceptors (Lipinski definition) is 5. The average molecular weight is 394 g/mol. The molecule has 0 N–H and O–H groups in total. The Balaban J connectivity index is 1.58. The molecule has 5 rings (SSSR count). The molecule has 0 amide bonds. The van der Waals surface area contributed by atoms with Crippen molar-refractivity contribution in [1.29, 1.82) is 0 Å². The minimum absolute atomic E-state index is 0.00854. The predicted octanol–water partition coefficient (Wildman–Crippen LogP) is 4.24. The molecule has 4 aromatic rings. The van der Waals surface area contributed by atoms with Gasteiger partial charge in [0.1, 0.15) is 17.8 Å². The molecule has 1 saturated heterocycles. The minimum Gasteiger partial charge on any atom is -0.355 e. The van der Waals surface area contributed by atoms with Crippen LogP contribution in [0.3, 0.4) is 0 Å². The molecule has 2 atom stereocenters. The summed E-state index contributed by atoms with van der Waals surface area (Å²) >= 11 is 0. The number of benzene rings is 1. The quantitative estimate of drug-likeness (QED) is 0.520. The van der Waals surface area contributed by atoms with Gasteiger partial charge in [0.05, 0.1) is 5.69 Å². The summed E-state index contributed by atoms with van der Waals surface area (Å²) < 4.78 is 28.4. The molecular weight excluding hydrogens is 374 g/mol. The molecule has 3 aromatic heterocycles. The number of nitrogens with zero attached hydrogens (tertiary/aromatic N) is 6. The second kappa shape index (κ2) is 7.02. The van der Waals surface area contributed by atoms with Crippen LogP contribution in [0.5, 0.6) is 0 Å². The lowest BCUT2D eigenvalue weighted by atomic mass is 9.84. The van der Waals surface area contributed by atoms with E-state index in [1.165, 1.54) is 12.4 Å². The average Bonchev–Trinajstić information content (AvgIpc) is 3.22. The lowest BCUT2D eigenvalue weighted by Crippen LogP contribution is -2.39. The van der Waals surface area contributed by atoms with Gasteiger partial charge >= 0.3 is 0 Å². The van der Waals surface area contributed by atoms with Crippen LogP contribution in [0.25, 0.3) is 16.6 Å². The van der Waals surface area contributed by atoms with Gasteiger partial charge in [0, 0.05) is 30.6 Å². The molecule has 1 aromatic carbocycles. The Bertz CT molecular complexity index is 1170. The van der Waals surface area contributed by atoms with Crippen molar-refractivity contribution in [2.45, 2.75) is 25.7 Å². The SMILES string of the molecule is C[C@@H]1CCN(c2nccc3ccccc23)C[C@H]1c1cc(C(F)F)nc2ncnn12. The highest BCUT2D eigenvalue weighted by molar-refractivity contribution is 5.92. The van der Waals surface area contributed by atoms with Crippen LogP contribution >= 0.6 is 0 Å². The van der Waals surface area contributed by atoms with Gasteiger partial charge in [-0.15, -0.1) is 0 Å². The second-order valence-corrected chi connectivity index (χ2v) is 7.55. The molecule has 8 heteroatoms. The summed E-state index contributed by atoms with van der Waals surface area (Å²) in [6.45, 7) is 3.69. The molecule has 0 saturated carbocycles. The Hall–Kier alpha value is -3.16. The highest BCUT2D eigenvalue weighted by Crippen LogP contribution is 2.36. The number of halogens is 2. The van der Waals surface area contributed by atoms with E-state index in [9.17, 15) is 8.78 Å². The van der Waals surface area contributed by atoms with E-state index in [0.29, 0.717) is 12.5 Å². The van der Waals surface area contributed by atoms with E-state index in [0.717, 1.165) is 35.2 Å². The third-order valence-corrected chi connectivity index (χ3v) is 5.81. The van der Waals surface area contributed by atoms with E-state index in [1.54, 1.807) is 4.52 Å². The van der Waals surface area contributed by atoms with Crippen LogP contribution in [0.4, 0.5) is 14.6 Å². The largest absolute Gasteiger partial charge is 0.355 e. The summed E-state index contributed by atoms with van der Waals surface area (Å²) in [6, 6.07) is 11.6. The Kier molecular flexibility index (Phi) is 4.34. The molecule has 0 bridgehead atoms. The molecule has 1 aliphatic rings. The Morgan fingerprint density at radius 2 is 2.00 bits per heavy atom. The molecular formula is C21H20F2N6. The molecule has 0 unspecified atom stereocenters. The van der Waals surface area contributed by atoms with Gasteiger partial charge in [-0.1, -0.05) is 31.2 Å². The van der Waals surface area contributed by atoms with Gasteiger partial charge in [-0.3, -0.25) is 0 Å². The molecule has 6 nitrogen and oxygen atoms in total. The van der Waals surface area contributed by atoms with Crippen LogP contribution in [0.2, 0.25) is 0 Å². The van der Waals surface area contributed by atoms with Crippen molar-refractivity contribution in [2.75, 3.05) is 18.0 Å². The van der Waals surface area contributed by atoms with Crippen molar-refractivity contribution >= 4 is 22.4 Å². The van der Waals surface area contributed by atoms with Crippen LogP contribution in [-0.2, 0) is 0 Å². The van der Waals surface area contributed by atoms with Gasteiger partial charge in [-0.2, -0.15) is 10.1 Å². The van der Waals surface area contributed by atoms with Gasteiger partial charge in [0.25, 0.3) is 12.2 Å². The Labute approximate surface area is 166 Å². The Morgan fingerprint density at radius 3 is 2.86 bits per heavy atom. The fourth-order valence-corrected chi connectivity index (χ4v) is 4.23. The van der Waals surface area contributed by atoms with Crippen molar-refractivity contribution in [3.63, 3.8) is 0 Å². The summed E-state index contributed by atoms with van der Waals surface area (Å²) in [5, 5.41) is 6.47. The summed E-state index contributed by atoms with van der Waals surface area (Å²) in [6.07, 6.45) is 1.46. The van der Waals surface area contributed by atoms with Gasteiger partial charge < -0.3 is 4.90 Å². The smallest absolute Gasteiger partial charge is 0.280 e. The molecule has 1 fully saturated rings. The Morgan fingerprint density at radius 1 is 1.14 bits per heavy atom. The van der Waals surface area contributed by atoms with Gasteiger partial charge in [0.15, 0.2) is 0 Å². The van der Waals surface area contributed by atoms with Crippen molar-refractivity contribution < 1.29 is 8.78 Å². The maximum Gasteiger partial charge on any atom is 0.280 e. The van der Waals surface area contributed by atoms with Crippen molar-refractivity contribution in [3.05, 3.63) is 60.3 Å². The van der Waals surface area contributed by atoms with E-state index in [-0.39, 0.29) is 17.4 Å². The first-order valence-corrected chi connectivity index (χ1v) is 9.69. The lowest BCUT2D eigenvalue weighted by molar-refractivity contribution is 0.146. The summed E-state index contributed by atoms with van der Waals surface area (Å²) in [4.78, 5) is 14.9. The fourth-order valence-electron chi connectivity index (χ4n) is 4.23. The number of pyridine rings is 1. The number of fused-ring (bicyclic) bond motifs is 2. The van der Waals surface area contributed by atoms with E-state index >= 15 is 0 Å². The number of aromatic nitrogens is 5. The van der Waals surface area contributed by atoms with Crippen LogP contribution in [0.1, 0.15) is 37.1 Å². The van der Waals surface area contributed by atoms with Crippen molar-refractivity contribution in [2.24, 2.45) is 5.92 Å². The summed E-state index contributed by atoms with van der Waals surface area (Å²) in [5.74, 6) is 1.46. The van der Waals surface area contributed by atoms with E-state index in [2.05, 4.69) is 44.0 Å². The van der Waals surface area contributed by atoms with Crippen LogP contribution in [0, 0.1) is 5.92 Å². The lowest BCUT2D eigenvalue weighted by Gasteiger charge is -2.38. The zero-order valence-corrected chi connectivity index (χ0v) is 15.9. The first-order chi connectivity index (χ1) is 14.1. The van der Waals surface area contributed by atoms with Crippen molar-refractivity contribution in [1.82, 2.24) is 24.6 Å². The predicted molar refractivity (Wildman–Crippen MR) is 106 cm³/mol. The third kappa shape index (κ3) is 3.08. The zero-order chi connectivity index (χ0) is 20.0. The van der Waals surface area contributed by atoms with E-state index in [1.807, 2.05) is 24.4 Å². The van der Waals surface area contributed by atoms with Crippen molar-refractivity contribution in [3.8, 4) is 0 Å². The summed E-state index contributed by atoms with van der Waals surface area (Å²) in [7, 11) is 0. The monoisotopic (exact) mass is 394 g/mol. The van der Waals surface area contributed by atoms with Gasteiger partial charge in [0.2, 0.25) is 0 Å². The maximum absolute atomic E-state index is 13.4. The molecule has 29 heavy (non-hydrogen) atoms. The molecule has 4 heterocycles. The molecule has 0 spiro atoms. The van der Waals surface area contributed by atoms with Gasteiger partial charge in [-0.05, 0) is 29.9 Å². The normalized spacial score (nSPS) is 20.1. The third-order valence-electron chi connectivity index (χ3n) is 5.81. The summed E-state index contributed by atoms with van der Waals surface area (Å²) in [5.41, 5.74) is 0.466. The number of piperidine rings is 1. The van der Waals surface area contributed by atoms with Crippen LogP contribution in [-0.4, -0.2) is 37.7 Å². The molecule has 1 aliphatic heterocycles. The first-order valence-electron chi connectivity index (χ1n) is 9.69. The highest BCUT2D eigenvalue weighted by Gasteiger charge is 2.32. The molecule has 148 valence electrons. The zero-order valence-electron chi connectivity index (χ0n) is 15.9. The van der Waals surface area contributed by atoms with Crippen LogP contribution < -0.4 is 4.90 Å². The minimum atomic E-state index is -2.65. The molecule has 0 radical (unpaired) electrons. The maximum atomic E-state index is 13.4. The highest BCUT2D eigenvalue weighted by atomic mass is 19.3. The van der Waals surface area contributed by atoms with E-state index in [4.69, 9.17) is 0 Å². The molecule has 0 aliphatic carbocycles. The topological polar surface area (TPSA) is 59.2 Å². The number of rotatable bonds is 3.